The van der Waals surface area contributed by atoms with Gasteiger partial charge in [0.05, 0.1) is 12.0 Å². The molecule has 0 spiro atoms. The van der Waals surface area contributed by atoms with E-state index in [1.807, 2.05) is 6.92 Å². The first-order valence-electron chi connectivity index (χ1n) is 6.57. The van der Waals surface area contributed by atoms with Crippen LogP contribution in [0.2, 0.25) is 0 Å². The summed E-state index contributed by atoms with van der Waals surface area (Å²) in [4.78, 5) is 0. The third kappa shape index (κ3) is 3.45. The van der Waals surface area contributed by atoms with Crippen molar-refractivity contribution in [3.63, 3.8) is 0 Å². The van der Waals surface area contributed by atoms with Crippen LogP contribution in [0.4, 0.5) is 13.2 Å². The van der Waals surface area contributed by atoms with Crippen LogP contribution < -0.4 is 5.73 Å². The highest BCUT2D eigenvalue weighted by Crippen LogP contribution is 2.44. The molecule has 7 heteroatoms. The molecule has 1 saturated carbocycles. The van der Waals surface area contributed by atoms with Gasteiger partial charge in [-0.05, 0) is 25.7 Å². The molecule has 0 bridgehead atoms. The van der Waals surface area contributed by atoms with Gasteiger partial charge in [-0.15, -0.1) is 10.2 Å². The summed E-state index contributed by atoms with van der Waals surface area (Å²) in [7, 11) is 0. The second-order valence-electron chi connectivity index (χ2n) is 5.10. The summed E-state index contributed by atoms with van der Waals surface area (Å²) in [6.07, 6.45) is -1.59. The second kappa shape index (κ2) is 5.75. The maximum Gasteiger partial charge on any atom is 0.391 e. The van der Waals surface area contributed by atoms with E-state index in [9.17, 15) is 13.2 Å². The Hall–Kier alpha value is -0.690. The predicted molar refractivity (Wildman–Crippen MR) is 67.9 cm³/mol. The van der Waals surface area contributed by atoms with E-state index >= 15 is 0 Å². The highest BCUT2D eigenvalue weighted by molar-refractivity contribution is 7.11. The van der Waals surface area contributed by atoms with Crippen molar-refractivity contribution in [3.8, 4) is 0 Å². The number of halogens is 3. The zero-order valence-corrected chi connectivity index (χ0v) is 11.6. The quantitative estimate of drug-likeness (QED) is 0.922. The van der Waals surface area contributed by atoms with Crippen LogP contribution in [0.5, 0.6) is 0 Å². The molecular weight excluding hydrogens is 275 g/mol. The largest absolute Gasteiger partial charge is 0.391 e. The molecule has 3 nitrogen and oxygen atoms in total. The summed E-state index contributed by atoms with van der Waals surface area (Å²) >= 11 is 1.37. The Bertz CT molecular complexity index is 419. The van der Waals surface area contributed by atoms with E-state index in [0.717, 1.165) is 17.8 Å². The molecule has 1 aromatic rings. The molecule has 0 saturated heterocycles. The van der Waals surface area contributed by atoms with Crippen molar-refractivity contribution >= 4 is 11.3 Å². The van der Waals surface area contributed by atoms with Gasteiger partial charge in [0.15, 0.2) is 0 Å². The topological polar surface area (TPSA) is 51.8 Å². The lowest BCUT2D eigenvalue weighted by Crippen LogP contribution is -2.28. The summed E-state index contributed by atoms with van der Waals surface area (Å²) < 4.78 is 38.3. The minimum atomic E-state index is -4.09. The molecule has 3 atom stereocenters. The van der Waals surface area contributed by atoms with Crippen LogP contribution in [0.3, 0.4) is 0 Å². The Labute approximate surface area is 114 Å². The molecule has 1 heterocycles. The standard InChI is InChI=1S/C12H18F3N3S/c1-2-9(16)11-18-17-10(19-11)7-4-3-5-8(6-7)12(13,14)15/h7-9H,2-6,16H2,1H3. The lowest BCUT2D eigenvalue weighted by atomic mass is 9.81. The first kappa shape index (κ1) is 14.7. The number of nitrogens with zero attached hydrogens (tertiary/aromatic N) is 2. The molecule has 1 fully saturated rings. The Morgan fingerprint density at radius 2 is 2.11 bits per heavy atom. The molecule has 0 aliphatic heterocycles. The fourth-order valence-corrected chi connectivity index (χ4v) is 3.52. The summed E-state index contributed by atoms with van der Waals surface area (Å²) in [5, 5.41) is 9.50. The summed E-state index contributed by atoms with van der Waals surface area (Å²) in [5.74, 6) is -1.31. The van der Waals surface area contributed by atoms with Crippen molar-refractivity contribution in [2.24, 2.45) is 11.7 Å². The number of hydrogen-bond acceptors (Lipinski definition) is 4. The van der Waals surface area contributed by atoms with Gasteiger partial charge in [-0.1, -0.05) is 24.7 Å². The van der Waals surface area contributed by atoms with E-state index in [-0.39, 0.29) is 24.8 Å². The fourth-order valence-electron chi connectivity index (χ4n) is 2.45. The van der Waals surface area contributed by atoms with Crippen LogP contribution in [0, 0.1) is 5.92 Å². The Balaban J connectivity index is 2.07. The van der Waals surface area contributed by atoms with Gasteiger partial charge < -0.3 is 5.73 Å². The van der Waals surface area contributed by atoms with Crippen LogP contribution in [0.15, 0.2) is 0 Å². The number of alkyl halides is 3. The fraction of sp³-hybridized carbons (Fsp3) is 0.833. The van der Waals surface area contributed by atoms with Crippen LogP contribution >= 0.6 is 11.3 Å². The first-order valence-corrected chi connectivity index (χ1v) is 7.39. The van der Waals surface area contributed by atoms with Gasteiger partial charge in [-0.2, -0.15) is 13.2 Å². The minimum Gasteiger partial charge on any atom is -0.322 e. The van der Waals surface area contributed by atoms with E-state index in [1.54, 1.807) is 0 Å². The van der Waals surface area contributed by atoms with Crippen molar-refractivity contribution in [1.29, 1.82) is 0 Å². The SMILES string of the molecule is CCC(N)c1nnc(C2CCCC(C(F)(F)F)C2)s1. The molecule has 0 aromatic carbocycles. The average molecular weight is 293 g/mol. The molecule has 1 aromatic heterocycles. The van der Waals surface area contributed by atoms with E-state index in [1.165, 1.54) is 11.3 Å². The van der Waals surface area contributed by atoms with Gasteiger partial charge in [-0.3, -0.25) is 0 Å². The Kier molecular flexibility index (Phi) is 4.45. The normalized spacial score (nSPS) is 26.4. The maximum absolute atomic E-state index is 12.8. The third-order valence-electron chi connectivity index (χ3n) is 3.70. The third-order valence-corrected chi connectivity index (χ3v) is 4.92. The monoisotopic (exact) mass is 293 g/mol. The van der Waals surface area contributed by atoms with E-state index in [0.29, 0.717) is 11.4 Å². The predicted octanol–water partition coefficient (Wildman–Crippen LogP) is 3.78. The van der Waals surface area contributed by atoms with Crippen molar-refractivity contribution in [1.82, 2.24) is 10.2 Å². The molecular formula is C12H18F3N3S. The molecule has 19 heavy (non-hydrogen) atoms. The summed E-state index contributed by atoms with van der Waals surface area (Å²) in [6.45, 7) is 1.95. The molecule has 3 unspecified atom stereocenters. The number of nitrogens with two attached hydrogens (primary N) is 1. The van der Waals surface area contributed by atoms with Gasteiger partial charge >= 0.3 is 6.18 Å². The molecule has 1 aliphatic carbocycles. The van der Waals surface area contributed by atoms with Crippen LogP contribution in [0.1, 0.15) is 61.0 Å². The molecule has 0 radical (unpaired) electrons. The highest BCUT2D eigenvalue weighted by atomic mass is 32.1. The van der Waals surface area contributed by atoms with Crippen LogP contribution in [-0.4, -0.2) is 16.4 Å². The average Bonchev–Trinajstić information content (AvgIpc) is 2.86. The van der Waals surface area contributed by atoms with Gasteiger partial charge in [0.2, 0.25) is 0 Å². The summed E-state index contributed by atoms with van der Waals surface area (Å²) in [5.41, 5.74) is 5.86. The van der Waals surface area contributed by atoms with Crippen molar-refractivity contribution in [3.05, 3.63) is 10.0 Å². The van der Waals surface area contributed by atoms with Gasteiger partial charge in [0.1, 0.15) is 10.0 Å². The minimum absolute atomic E-state index is 0.115. The molecule has 108 valence electrons. The number of rotatable bonds is 3. The molecule has 2 rings (SSSR count). The Morgan fingerprint density at radius 3 is 2.74 bits per heavy atom. The maximum atomic E-state index is 12.8. The smallest absolute Gasteiger partial charge is 0.322 e. The van der Waals surface area contributed by atoms with Gasteiger partial charge in [0, 0.05) is 5.92 Å². The van der Waals surface area contributed by atoms with Crippen LogP contribution in [0.25, 0.3) is 0 Å². The van der Waals surface area contributed by atoms with E-state index < -0.39 is 12.1 Å². The molecule has 1 aliphatic rings. The highest BCUT2D eigenvalue weighted by Gasteiger charge is 2.43. The molecule has 0 amide bonds. The first-order chi connectivity index (χ1) is 8.91. The van der Waals surface area contributed by atoms with Gasteiger partial charge in [-0.25, -0.2) is 0 Å². The van der Waals surface area contributed by atoms with E-state index in [4.69, 9.17) is 5.73 Å². The number of aromatic nitrogens is 2. The van der Waals surface area contributed by atoms with Crippen molar-refractivity contribution in [2.75, 3.05) is 0 Å². The number of hydrogen-bond donors (Lipinski definition) is 1. The lowest BCUT2D eigenvalue weighted by molar-refractivity contribution is -0.183. The lowest BCUT2D eigenvalue weighted by Gasteiger charge is -2.29. The van der Waals surface area contributed by atoms with Gasteiger partial charge in [0.25, 0.3) is 0 Å². The molecule has 2 N–H and O–H groups in total. The zero-order chi connectivity index (χ0) is 14.0. The van der Waals surface area contributed by atoms with E-state index in [2.05, 4.69) is 10.2 Å². The zero-order valence-electron chi connectivity index (χ0n) is 10.8. The van der Waals surface area contributed by atoms with Crippen molar-refractivity contribution in [2.45, 2.75) is 57.2 Å². The Morgan fingerprint density at radius 1 is 1.37 bits per heavy atom. The van der Waals surface area contributed by atoms with Crippen molar-refractivity contribution < 1.29 is 13.2 Å². The summed E-state index contributed by atoms with van der Waals surface area (Å²) in [6, 6.07) is -0.159. The second-order valence-corrected chi connectivity index (χ2v) is 6.14. The van der Waals surface area contributed by atoms with Crippen LogP contribution in [-0.2, 0) is 0 Å².